The van der Waals surface area contributed by atoms with Crippen LogP contribution in [0, 0.1) is 19.8 Å². The van der Waals surface area contributed by atoms with Gasteiger partial charge in [-0.2, -0.15) is 0 Å². The highest BCUT2D eigenvalue weighted by molar-refractivity contribution is 7.13. The normalized spacial score (nSPS) is 19.1. The Morgan fingerprint density at radius 3 is 2.53 bits per heavy atom. The zero-order chi connectivity index (χ0) is 24.4. The van der Waals surface area contributed by atoms with E-state index in [1.807, 2.05) is 38.4 Å². The van der Waals surface area contributed by atoms with Crippen molar-refractivity contribution in [2.75, 3.05) is 6.54 Å². The van der Waals surface area contributed by atoms with E-state index in [0.29, 0.717) is 18.7 Å². The molecule has 1 aliphatic rings. The van der Waals surface area contributed by atoms with Gasteiger partial charge in [-0.1, -0.05) is 38.1 Å². The standard InChI is InChI=1S/C25H30N4O4S/c1-14(2)22(24-28-27-16(4)33-24)25(32)29-12-19(30)11-20(29)21(31)10-7-17-5-8-18(9-6-17)23-15(3)26-13-34-23/h5-6,8-9,13-14,19-20,22,30H,7,10-12H2,1-4H3/t19-,20+,22-/m1/s1. The maximum Gasteiger partial charge on any atom is 0.236 e. The van der Waals surface area contributed by atoms with Crippen molar-refractivity contribution in [2.24, 2.45) is 5.92 Å². The Morgan fingerprint density at radius 2 is 1.94 bits per heavy atom. The molecule has 1 fully saturated rings. The first kappa shape index (κ1) is 24.2. The van der Waals surface area contributed by atoms with Crippen LogP contribution in [0.1, 0.15) is 55.6 Å². The lowest BCUT2D eigenvalue weighted by atomic mass is 9.93. The second-order valence-electron chi connectivity index (χ2n) is 9.21. The average Bonchev–Trinajstić information content (AvgIpc) is 3.52. The minimum absolute atomic E-state index is 0.0449. The summed E-state index contributed by atoms with van der Waals surface area (Å²) in [5.41, 5.74) is 5.01. The summed E-state index contributed by atoms with van der Waals surface area (Å²) in [5.74, 6) is -0.402. The second kappa shape index (κ2) is 10.1. The molecule has 1 aromatic carbocycles. The molecule has 3 aromatic rings. The Kier molecular flexibility index (Phi) is 7.23. The van der Waals surface area contributed by atoms with Crippen molar-refractivity contribution in [3.05, 3.63) is 52.8 Å². The third-order valence-corrected chi connectivity index (χ3v) is 7.27. The SMILES string of the molecule is Cc1nnc([C@H](C(=O)N2C[C@H](O)C[C@H]2C(=O)CCc2ccc(-c3scnc3C)cc2)C(C)C)o1. The Bertz CT molecular complexity index is 1150. The smallest absolute Gasteiger partial charge is 0.236 e. The highest BCUT2D eigenvalue weighted by Crippen LogP contribution is 2.31. The van der Waals surface area contributed by atoms with Crippen LogP contribution in [0.25, 0.3) is 10.4 Å². The molecule has 0 bridgehead atoms. The van der Waals surface area contributed by atoms with E-state index in [2.05, 4.69) is 27.3 Å². The van der Waals surface area contributed by atoms with E-state index in [-0.39, 0.29) is 36.5 Å². The summed E-state index contributed by atoms with van der Waals surface area (Å²) in [6.07, 6.45) is 0.400. The summed E-state index contributed by atoms with van der Waals surface area (Å²) in [6.45, 7) is 7.61. The van der Waals surface area contributed by atoms with E-state index < -0.39 is 18.1 Å². The molecule has 3 heterocycles. The van der Waals surface area contributed by atoms with Gasteiger partial charge in [0.15, 0.2) is 5.78 Å². The minimum atomic E-state index is -0.725. The number of thiazole rings is 1. The van der Waals surface area contributed by atoms with Gasteiger partial charge in [-0.05, 0) is 30.4 Å². The summed E-state index contributed by atoms with van der Waals surface area (Å²) in [7, 11) is 0. The largest absolute Gasteiger partial charge is 0.425 e. The van der Waals surface area contributed by atoms with E-state index >= 15 is 0 Å². The predicted molar refractivity (Wildman–Crippen MR) is 128 cm³/mol. The highest BCUT2D eigenvalue weighted by atomic mass is 32.1. The number of hydrogen-bond acceptors (Lipinski definition) is 8. The minimum Gasteiger partial charge on any atom is -0.425 e. The summed E-state index contributed by atoms with van der Waals surface area (Å²) < 4.78 is 5.54. The molecular weight excluding hydrogens is 452 g/mol. The van der Waals surface area contributed by atoms with Gasteiger partial charge in [0.25, 0.3) is 0 Å². The monoisotopic (exact) mass is 482 g/mol. The third kappa shape index (κ3) is 5.10. The van der Waals surface area contributed by atoms with Crippen LogP contribution in [0.15, 0.2) is 34.2 Å². The van der Waals surface area contributed by atoms with Gasteiger partial charge >= 0.3 is 0 Å². The van der Waals surface area contributed by atoms with Crippen LogP contribution in [0.3, 0.4) is 0 Å². The number of carbonyl (C=O) groups is 2. The van der Waals surface area contributed by atoms with Gasteiger partial charge in [0.05, 0.1) is 28.2 Å². The molecule has 1 N–H and O–H groups in total. The van der Waals surface area contributed by atoms with Gasteiger partial charge in [-0.3, -0.25) is 9.59 Å². The van der Waals surface area contributed by atoms with E-state index in [0.717, 1.165) is 21.7 Å². The number of rotatable bonds is 8. The van der Waals surface area contributed by atoms with E-state index in [9.17, 15) is 14.7 Å². The number of aryl methyl sites for hydroxylation is 3. The van der Waals surface area contributed by atoms with Crippen molar-refractivity contribution in [3.63, 3.8) is 0 Å². The number of aromatic nitrogens is 3. The summed E-state index contributed by atoms with van der Waals surface area (Å²) in [6, 6.07) is 7.51. The molecule has 34 heavy (non-hydrogen) atoms. The first-order valence-corrected chi connectivity index (χ1v) is 12.4. The molecule has 180 valence electrons. The molecule has 9 heteroatoms. The molecule has 1 aliphatic heterocycles. The van der Waals surface area contributed by atoms with E-state index in [4.69, 9.17) is 4.42 Å². The first-order valence-electron chi connectivity index (χ1n) is 11.5. The van der Waals surface area contributed by atoms with Crippen LogP contribution < -0.4 is 0 Å². The summed E-state index contributed by atoms with van der Waals surface area (Å²) in [4.78, 5) is 33.5. The molecular formula is C25H30N4O4S. The Labute approximate surface area is 203 Å². The van der Waals surface area contributed by atoms with Gasteiger partial charge in [0.1, 0.15) is 5.92 Å². The van der Waals surface area contributed by atoms with E-state index in [1.165, 1.54) is 4.90 Å². The number of benzene rings is 1. The highest BCUT2D eigenvalue weighted by Gasteiger charge is 2.43. The van der Waals surface area contributed by atoms with Gasteiger partial charge in [-0.25, -0.2) is 4.98 Å². The van der Waals surface area contributed by atoms with Crippen molar-refractivity contribution in [3.8, 4) is 10.4 Å². The Balaban J connectivity index is 1.43. The maximum atomic E-state index is 13.4. The molecule has 0 unspecified atom stereocenters. The van der Waals surface area contributed by atoms with Crippen LogP contribution in [0.4, 0.5) is 0 Å². The third-order valence-electron chi connectivity index (χ3n) is 6.30. The second-order valence-corrected chi connectivity index (χ2v) is 10.1. The van der Waals surface area contributed by atoms with Crippen LogP contribution in [0.2, 0.25) is 0 Å². The summed E-state index contributed by atoms with van der Waals surface area (Å²) in [5, 5.41) is 18.2. The number of amides is 1. The number of aliphatic hydroxyl groups excluding tert-OH is 1. The fraction of sp³-hybridized carbons (Fsp3) is 0.480. The zero-order valence-corrected chi connectivity index (χ0v) is 20.7. The van der Waals surface area contributed by atoms with Crippen molar-refractivity contribution in [1.82, 2.24) is 20.1 Å². The van der Waals surface area contributed by atoms with Gasteiger partial charge in [0, 0.05) is 26.3 Å². The molecule has 1 saturated heterocycles. The van der Waals surface area contributed by atoms with E-state index in [1.54, 1.807) is 18.3 Å². The topological polar surface area (TPSA) is 109 Å². The number of likely N-dealkylation sites (tertiary alicyclic amines) is 1. The first-order chi connectivity index (χ1) is 16.2. The molecule has 0 saturated carbocycles. The number of β-amino-alcohol motifs (C(OH)–C–C–N with tert-alkyl or cyclic N) is 1. The van der Waals surface area contributed by atoms with Crippen LogP contribution in [-0.2, 0) is 16.0 Å². The van der Waals surface area contributed by atoms with Crippen LogP contribution >= 0.6 is 11.3 Å². The predicted octanol–water partition coefficient (Wildman–Crippen LogP) is 3.71. The molecule has 4 rings (SSSR count). The molecule has 0 radical (unpaired) electrons. The van der Waals surface area contributed by atoms with Crippen LogP contribution in [-0.4, -0.2) is 55.6 Å². The number of aliphatic hydroxyl groups is 1. The maximum absolute atomic E-state index is 13.4. The lowest BCUT2D eigenvalue weighted by Gasteiger charge is -2.28. The van der Waals surface area contributed by atoms with Gasteiger partial charge < -0.3 is 14.4 Å². The lowest BCUT2D eigenvalue weighted by Crippen LogP contribution is -2.44. The van der Waals surface area contributed by atoms with Crippen molar-refractivity contribution in [2.45, 2.75) is 65.0 Å². The van der Waals surface area contributed by atoms with Gasteiger partial charge in [0.2, 0.25) is 17.7 Å². The van der Waals surface area contributed by atoms with Crippen molar-refractivity contribution in [1.29, 1.82) is 0 Å². The Morgan fingerprint density at radius 1 is 1.21 bits per heavy atom. The fourth-order valence-electron chi connectivity index (χ4n) is 4.49. The summed E-state index contributed by atoms with van der Waals surface area (Å²) >= 11 is 1.61. The van der Waals surface area contributed by atoms with Gasteiger partial charge in [-0.15, -0.1) is 21.5 Å². The fourth-order valence-corrected chi connectivity index (χ4v) is 5.30. The zero-order valence-electron chi connectivity index (χ0n) is 19.9. The molecule has 0 spiro atoms. The van der Waals surface area contributed by atoms with Crippen LogP contribution in [0.5, 0.6) is 0 Å². The molecule has 8 nitrogen and oxygen atoms in total. The molecule has 1 amide bonds. The number of ketones is 1. The number of hydrogen-bond donors (Lipinski definition) is 1. The quantitative estimate of drug-likeness (QED) is 0.521. The number of nitrogens with zero attached hydrogens (tertiary/aromatic N) is 4. The Hall–Kier alpha value is -2.91. The molecule has 0 aliphatic carbocycles. The number of Topliss-reactive ketones (excluding diaryl/α,β-unsaturated/α-hetero) is 1. The van der Waals surface area contributed by atoms with Crippen molar-refractivity contribution >= 4 is 23.0 Å². The molecule has 2 aromatic heterocycles. The lowest BCUT2D eigenvalue weighted by molar-refractivity contribution is -0.140. The van der Waals surface area contributed by atoms with Crippen molar-refractivity contribution < 1.29 is 19.1 Å². The average molecular weight is 483 g/mol. The number of carbonyl (C=O) groups excluding carboxylic acids is 2. The molecule has 3 atom stereocenters.